The van der Waals surface area contributed by atoms with Crippen molar-refractivity contribution >= 4 is 22.4 Å². The van der Waals surface area contributed by atoms with Crippen LogP contribution in [0.1, 0.15) is 17.3 Å². The molecule has 2 nitrogen and oxygen atoms in total. The highest BCUT2D eigenvalue weighted by Crippen LogP contribution is 2.35. The van der Waals surface area contributed by atoms with Crippen LogP contribution >= 0.6 is 0 Å². The van der Waals surface area contributed by atoms with Crippen molar-refractivity contribution in [3.05, 3.63) is 70.8 Å². The number of benzene rings is 2. The Balaban J connectivity index is 2.04. The lowest BCUT2D eigenvalue weighted by Gasteiger charge is -2.19. The molecule has 0 radical (unpaired) electrons. The maximum absolute atomic E-state index is 12.7. The quantitative estimate of drug-likeness (QED) is 0.670. The Morgan fingerprint density at radius 3 is 2.40 bits per heavy atom. The zero-order chi connectivity index (χ0) is 14.1. The van der Waals surface area contributed by atoms with Crippen LogP contribution < -0.4 is 5.32 Å². The molecule has 0 aliphatic carbocycles. The maximum Gasteiger partial charge on any atom is 0.242 e. The topological polar surface area (TPSA) is 29.1 Å². The molecule has 1 aliphatic heterocycles. The molecule has 0 saturated carbocycles. The third-order valence-corrected chi connectivity index (χ3v) is 5.55. The molecule has 1 N–H and O–H groups in total. The first kappa shape index (κ1) is 13.0. The summed E-state index contributed by atoms with van der Waals surface area (Å²) in [5, 5.41) is 3.36. The fraction of sp³-hybridized carbons (Fsp3) is 0.118. The maximum atomic E-state index is 12.7. The number of hydrogen-bond donors (Lipinski definition) is 1. The summed E-state index contributed by atoms with van der Waals surface area (Å²) in [7, 11) is -0.196. The number of hydrogen-bond acceptors (Lipinski definition) is 2. The lowest BCUT2D eigenvalue weighted by atomic mass is 10.1. The van der Waals surface area contributed by atoms with E-state index in [1.54, 1.807) is 0 Å². The molecule has 0 aromatic heterocycles. The minimum Gasteiger partial charge on any atom is -0.351 e. The Hall–Kier alpha value is -2.00. The minimum absolute atomic E-state index is 0.121. The average molecular weight is 282 g/mol. The van der Waals surface area contributed by atoms with Gasteiger partial charge in [-0.3, -0.25) is 4.79 Å². The highest BCUT2D eigenvalue weighted by molar-refractivity contribution is 8.01. The van der Waals surface area contributed by atoms with E-state index < -0.39 is 0 Å². The first-order valence-corrected chi connectivity index (χ1v) is 8.14. The molecule has 1 atom stereocenters. The van der Waals surface area contributed by atoms with Crippen molar-refractivity contribution < 1.29 is 4.79 Å². The van der Waals surface area contributed by atoms with Gasteiger partial charge in [0.1, 0.15) is 6.26 Å². The number of anilines is 1. The number of ketones is 1. The van der Waals surface area contributed by atoms with Gasteiger partial charge in [0.25, 0.3) is 0 Å². The summed E-state index contributed by atoms with van der Waals surface area (Å²) >= 11 is 0. The van der Waals surface area contributed by atoms with Gasteiger partial charge in [-0.15, -0.1) is 0 Å². The number of Topliss-reactive ketones (excluding diaryl/α,β-unsaturated/α-hetero) is 1. The predicted octanol–water partition coefficient (Wildman–Crippen LogP) is 3.83. The van der Waals surface area contributed by atoms with Gasteiger partial charge >= 0.3 is 0 Å². The monoisotopic (exact) mass is 282 g/mol. The van der Waals surface area contributed by atoms with Crippen LogP contribution in [-0.2, 0) is 10.9 Å². The molecule has 100 valence electrons. The highest BCUT2D eigenvalue weighted by atomic mass is 32.2. The van der Waals surface area contributed by atoms with Crippen LogP contribution in [0, 0.1) is 0 Å². The van der Waals surface area contributed by atoms with Gasteiger partial charge in [0.05, 0.1) is 22.3 Å². The molecule has 3 heteroatoms. The Labute approximate surface area is 121 Å². The molecule has 2 aromatic carbocycles. The smallest absolute Gasteiger partial charge is 0.242 e. The van der Waals surface area contributed by atoms with E-state index in [0.717, 1.165) is 21.9 Å². The Kier molecular flexibility index (Phi) is 3.36. The van der Waals surface area contributed by atoms with Gasteiger partial charge in [-0.05, 0) is 19.1 Å². The molecule has 0 amide bonds. The summed E-state index contributed by atoms with van der Waals surface area (Å²) in [5.74, 6) is 0.121. The summed E-state index contributed by atoms with van der Waals surface area (Å²) in [6.07, 6.45) is 2.12. The molecular weight excluding hydrogens is 266 g/mol. The Morgan fingerprint density at radius 2 is 1.65 bits per heavy atom. The van der Waals surface area contributed by atoms with Crippen LogP contribution in [-0.4, -0.2) is 12.0 Å². The third-order valence-electron chi connectivity index (χ3n) is 3.43. The zero-order valence-corrected chi connectivity index (χ0v) is 12.3. The molecule has 20 heavy (non-hydrogen) atoms. The fourth-order valence-corrected chi connectivity index (χ4v) is 4.32. The highest BCUT2D eigenvalue weighted by Gasteiger charge is 2.37. The van der Waals surface area contributed by atoms with Crippen molar-refractivity contribution in [2.24, 2.45) is 0 Å². The molecule has 2 aromatic rings. The first-order valence-electron chi connectivity index (χ1n) is 6.51. The minimum atomic E-state index is -0.196. The van der Waals surface area contributed by atoms with Gasteiger partial charge in [-0.1, -0.05) is 42.5 Å². The van der Waals surface area contributed by atoms with E-state index in [9.17, 15) is 4.79 Å². The number of para-hydroxylation sites is 1. The number of carbonyl (C=O) groups is 1. The van der Waals surface area contributed by atoms with E-state index in [0.29, 0.717) is 0 Å². The van der Waals surface area contributed by atoms with Crippen LogP contribution in [0.5, 0.6) is 0 Å². The molecule has 0 bridgehead atoms. The second kappa shape index (κ2) is 5.17. The largest absolute Gasteiger partial charge is 0.351 e. The molecule has 1 heterocycles. The van der Waals surface area contributed by atoms with E-state index in [1.165, 1.54) is 4.90 Å². The lowest BCUT2D eigenvalue weighted by molar-refractivity contribution is 0.104. The number of rotatable bonds is 2. The van der Waals surface area contributed by atoms with Crippen molar-refractivity contribution in [3.8, 4) is 0 Å². The van der Waals surface area contributed by atoms with Gasteiger partial charge in [0, 0.05) is 5.56 Å². The van der Waals surface area contributed by atoms with Gasteiger partial charge in [0.15, 0.2) is 4.90 Å². The normalized spacial score (nSPS) is 17.4. The number of carbonyl (C=O) groups excluding carboxylic acids is 1. The summed E-state index contributed by atoms with van der Waals surface area (Å²) in [6, 6.07) is 17.7. The van der Waals surface area contributed by atoms with E-state index in [1.807, 2.05) is 49.4 Å². The Bertz CT molecular complexity index is 691. The third kappa shape index (κ3) is 2.14. The molecule has 1 unspecified atom stereocenters. The molecule has 1 aliphatic rings. The average Bonchev–Trinajstić information content (AvgIpc) is 2.48. The number of allylic oxidation sites excluding steroid dienone is 2. The molecule has 3 rings (SSSR count). The molecular formula is C17H16NOS+. The van der Waals surface area contributed by atoms with E-state index in [2.05, 4.69) is 23.7 Å². The van der Waals surface area contributed by atoms with Crippen molar-refractivity contribution in [1.82, 2.24) is 0 Å². The summed E-state index contributed by atoms with van der Waals surface area (Å²) in [4.78, 5) is 14.8. The number of fused-ring (bicyclic) bond motifs is 1. The van der Waals surface area contributed by atoms with Crippen molar-refractivity contribution in [2.75, 3.05) is 11.6 Å². The van der Waals surface area contributed by atoms with Gasteiger partial charge in [0.2, 0.25) is 10.7 Å². The van der Waals surface area contributed by atoms with E-state index >= 15 is 0 Å². The molecule has 0 spiro atoms. The van der Waals surface area contributed by atoms with Crippen molar-refractivity contribution in [1.29, 1.82) is 0 Å². The van der Waals surface area contributed by atoms with E-state index in [4.69, 9.17) is 0 Å². The van der Waals surface area contributed by atoms with E-state index in [-0.39, 0.29) is 16.7 Å². The van der Waals surface area contributed by atoms with Crippen LogP contribution in [0.15, 0.2) is 70.1 Å². The van der Waals surface area contributed by atoms with Crippen molar-refractivity contribution in [3.63, 3.8) is 0 Å². The second-order valence-corrected chi connectivity index (χ2v) is 6.65. The summed E-state index contributed by atoms with van der Waals surface area (Å²) in [6.45, 7) is 1.98. The number of nitrogens with one attached hydrogen (secondary N) is 1. The van der Waals surface area contributed by atoms with Crippen LogP contribution in [0.25, 0.3) is 0 Å². The first-order chi connectivity index (χ1) is 9.68. The van der Waals surface area contributed by atoms with Gasteiger partial charge in [-0.2, -0.15) is 0 Å². The fourth-order valence-electron chi connectivity index (χ4n) is 2.47. The Morgan fingerprint density at radius 1 is 1.00 bits per heavy atom. The molecule has 0 saturated heterocycles. The second-order valence-electron chi connectivity index (χ2n) is 4.78. The van der Waals surface area contributed by atoms with Gasteiger partial charge < -0.3 is 5.32 Å². The predicted molar refractivity (Wildman–Crippen MR) is 85.1 cm³/mol. The van der Waals surface area contributed by atoms with Crippen LogP contribution in [0.3, 0.4) is 0 Å². The van der Waals surface area contributed by atoms with Crippen LogP contribution in [0.4, 0.5) is 5.69 Å². The standard InChI is InChI=1S/C17H15NOS/c1-12-17(16(19)13-8-4-3-5-9-13)20(2)15-11-7-6-10-14(15)18-12/h3-11H,1-2H3/p+1. The molecule has 0 fully saturated rings. The summed E-state index contributed by atoms with van der Waals surface area (Å²) in [5.41, 5.74) is 2.83. The summed E-state index contributed by atoms with van der Waals surface area (Å²) < 4.78 is 0. The van der Waals surface area contributed by atoms with Crippen molar-refractivity contribution in [2.45, 2.75) is 11.8 Å². The lowest BCUT2D eigenvalue weighted by Crippen LogP contribution is -2.23. The van der Waals surface area contributed by atoms with Gasteiger partial charge in [-0.25, -0.2) is 0 Å². The van der Waals surface area contributed by atoms with Crippen LogP contribution in [0.2, 0.25) is 0 Å². The zero-order valence-electron chi connectivity index (χ0n) is 11.5. The SMILES string of the molecule is CC1=C(C(=O)c2ccccc2)[S+](C)c2ccccc2N1.